The molecule has 0 unspecified atom stereocenters. The van der Waals surface area contributed by atoms with Crippen molar-refractivity contribution < 1.29 is 45.3 Å². The Morgan fingerprint density at radius 1 is 0.573 bits per heavy atom. The number of nitrogens with two attached hydrogens (primary N) is 2. The molecule has 22 nitrogen and oxygen atoms in total. The van der Waals surface area contributed by atoms with Crippen LogP contribution < -0.4 is 36.2 Å². The number of carbonyl (C=O) groups excluding carboxylic acids is 4. The van der Waals surface area contributed by atoms with Gasteiger partial charge in [0, 0.05) is 96.0 Å². The average molecular weight is 1220 g/mol. The number of piperazine rings is 2. The van der Waals surface area contributed by atoms with Crippen LogP contribution in [-0.2, 0) is 51.8 Å². The van der Waals surface area contributed by atoms with Gasteiger partial charge in [-0.1, -0.05) is 48.5 Å². The number of halogens is 1. The van der Waals surface area contributed by atoms with Gasteiger partial charge in [0.05, 0.1) is 39.1 Å². The number of rotatable bonds is 14. The zero-order chi connectivity index (χ0) is 59.7. The Hall–Kier alpha value is -7.20. The predicted octanol–water partition coefficient (Wildman–Crippen LogP) is 4.54. The van der Waals surface area contributed by atoms with E-state index in [9.17, 15) is 36.0 Å². The molecular weight excluding hydrogens is 1160 g/mol. The van der Waals surface area contributed by atoms with Crippen molar-refractivity contribution in [2.75, 3.05) is 87.7 Å². The summed E-state index contributed by atoms with van der Waals surface area (Å²) in [5.74, 6) is -2.00. The second kappa shape index (κ2) is 26.4. The van der Waals surface area contributed by atoms with Crippen molar-refractivity contribution in [1.29, 1.82) is 0 Å². The van der Waals surface area contributed by atoms with E-state index in [1.54, 1.807) is 6.20 Å². The molecule has 3 aliphatic heterocycles. The lowest BCUT2D eigenvalue weighted by atomic mass is 9.79. The normalized spacial score (nSPS) is 16.2. The molecule has 6 aromatic rings. The molecular formula is C56H68BBrN12O10S2. The zero-order valence-electron chi connectivity index (χ0n) is 47.1. The predicted molar refractivity (Wildman–Crippen MR) is 319 cm³/mol. The molecule has 4 aromatic carbocycles. The molecule has 0 bridgehead atoms. The first-order valence-electron chi connectivity index (χ1n) is 26.2. The van der Waals surface area contributed by atoms with E-state index in [0.29, 0.717) is 21.4 Å². The number of nitrogens with one attached hydrogen (secondary N) is 2. The number of Topliss-reactive ketones (excluding diaryl/α,β-unsaturated/α-hetero) is 2. The fourth-order valence-electron chi connectivity index (χ4n) is 8.73. The highest BCUT2D eigenvalue weighted by Gasteiger charge is 2.51. The first kappa shape index (κ1) is 62.4. The quantitative estimate of drug-likeness (QED) is 0.0860. The minimum atomic E-state index is -3.94. The first-order valence-corrected chi connectivity index (χ1v) is 30.0. The number of benzene rings is 4. The molecule has 2 aromatic heterocycles. The van der Waals surface area contributed by atoms with Gasteiger partial charge >= 0.3 is 7.12 Å². The third kappa shape index (κ3) is 16.3. The molecule has 0 spiro atoms. The average Bonchev–Trinajstić information content (AvgIpc) is 3.89. The van der Waals surface area contributed by atoms with Gasteiger partial charge in [0.2, 0.25) is 11.8 Å². The number of sulfonamides is 2. The molecule has 26 heteroatoms. The summed E-state index contributed by atoms with van der Waals surface area (Å²) in [6, 6.07) is 27.9. The van der Waals surface area contributed by atoms with Crippen LogP contribution in [0.15, 0.2) is 124 Å². The molecule has 6 N–H and O–H groups in total. The van der Waals surface area contributed by atoms with Crippen LogP contribution in [0, 0.1) is 0 Å². The van der Waals surface area contributed by atoms with Gasteiger partial charge < -0.3 is 40.4 Å². The number of nitrogens with zero attached hydrogens (tertiary/aromatic N) is 8. The van der Waals surface area contributed by atoms with Gasteiger partial charge in [-0.05, 0) is 123 Å². The minimum Gasteiger partial charge on any atom is -0.399 e. The van der Waals surface area contributed by atoms with Crippen LogP contribution in [0.25, 0.3) is 11.3 Å². The van der Waals surface area contributed by atoms with Crippen LogP contribution in [0.4, 0.5) is 23.0 Å². The van der Waals surface area contributed by atoms with Gasteiger partial charge in [0.15, 0.2) is 23.2 Å². The third-order valence-electron chi connectivity index (χ3n) is 14.2. The standard InChI is InChI=1S/C25H28N6O4S.C17H27BN2O2.C14H13BrN4O4S/c1-17(32)29-36(34,35)21-9-3-18(4-10-21)15-23(33)24-25(26)27-16-22(28-24)19-5-7-20(8-6-19)31-13-11-30(2)12-14-31;1-16(2)17(3,4)22-18(21-16)14-6-8-15(9-7-14)20-12-10-19(5)11-13-20;1-8(20)19-24(22,23)10-4-2-9(3-5-10)6-11(21)13-14(16)17-7-12(15)18-13/h3-10,16H,11-15H2,1-2H3,(H2,26,27)(H,29,32);6-9H,10-13H2,1-5H3;2-5,7H,6H2,1H3,(H2,16,17)(H,19,20). The molecule has 3 saturated heterocycles. The molecule has 0 radical (unpaired) electrons. The summed E-state index contributed by atoms with van der Waals surface area (Å²) in [4.78, 5) is 73.0. The van der Waals surface area contributed by atoms with Crippen molar-refractivity contribution in [2.24, 2.45) is 0 Å². The van der Waals surface area contributed by atoms with Crippen LogP contribution in [0.5, 0.6) is 0 Å². The lowest BCUT2D eigenvalue weighted by Crippen LogP contribution is -2.44. The van der Waals surface area contributed by atoms with Crippen molar-refractivity contribution in [1.82, 2.24) is 39.2 Å². The highest BCUT2D eigenvalue weighted by Crippen LogP contribution is 2.36. The lowest BCUT2D eigenvalue weighted by molar-refractivity contribution is -0.118. The van der Waals surface area contributed by atoms with Gasteiger partial charge in [-0.25, -0.2) is 46.2 Å². The fraction of sp³-hybridized carbons (Fsp3) is 0.357. The molecule has 9 rings (SSSR count). The van der Waals surface area contributed by atoms with Crippen LogP contribution in [-0.4, -0.2) is 155 Å². The number of nitrogen functional groups attached to an aromatic ring is 2. The molecule has 5 heterocycles. The van der Waals surface area contributed by atoms with Crippen LogP contribution in [0.3, 0.4) is 0 Å². The maximum atomic E-state index is 13.0. The molecule has 3 fully saturated rings. The van der Waals surface area contributed by atoms with Crippen molar-refractivity contribution in [3.63, 3.8) is 0 Å². The van der Waals surface area contributed by atoms with E-state index in [1.165, 1.54) is 60.4 Å². The van der Waals surface area contributed by atoms with Crippen molar-refractivity contribution in [3.8, 4) is 11.3 Å². The largest absolute Gasteiger partial charge is 0.494 e. The van der Waals surface area contributed by atoms with Crippen LogP contribution >= 0.6 is 15.9 Å². The summed E-state index contributed by atoms with van der Waals surface area (Å²) in [5.41, 5.74) is 17.1. The summed E-state index contributed by atoms with van der Waals surface area (Å²) in [5, 5.41) is 0. The second-order valence-electron chi connectivity index (χ2n) is 21.0. The van der Waals surface area contributed by atoms with E-state index in [0.717, 1.165) is 82.9 Å². The van der Waals surface area contributed by atoms with Gasteiger partial charge in [0.1, 0.15) is 16.0 Å². The number of carbonyl (C=O) groups is 4. The maximum absolute atomic E-state index is 13.0. The molecule has 434 valence electrons. The third-order valence-corrected chi connectivity index (χ3v) is 17.5. The molecule has 0 aliphatic carbocycles. The Kier molecular flexibility index (Phi) is 20.1. The number of hydrogen-bond donors (Lipinski definition) is 4. The van der Waals surface area contributed by atoms with Crippen molar-refractivity contribution >= 4 is 94.9 Å². The molecule has 2 amide bonds. The second-order valence-corrected chi connectivity index (χ2v) is 25.2. The van der Waals surface area contributed by atoms with E-state index in [4.69, 9.17) is 20.8 Å². The molecule has 82 heavy (non-hydrogen) atoms. The monoisotopic (exact) mass is 1220 g/mol. The van der Waals surface area contributed by atoms with Gasteiger partial charge in [0.25, 0.3) is 20.0 Å². The topological polar surface area (TPSA) is 296 Å². The Morgan fingerprint density at radius 3 is 1.35 bits per heavy atom. The number of aromatic nitrogens is 4. The van der Waals surface area contributed by atoms with Gasteiger partial charge in [-0.15, -0.1) is 0 Å². The SMILES string of the molecule is CC(=O)NS(=O)(=O)c1ccc(CC(=O)c2nc(-c3ccc(N4CCN(C)CC4)cc3)cnc2N)cc1.CC(=O)NS(=O)(=O)c1ccc(CC(=O)c2nc(Br)cnc2N)cc1.CN1CCN(c2ccc(B3OC(C)(C)C(C)(C)O3)cc2)CC1. The Morgan fingerprint density at radius 2 is 0.951 bits per heavy atom. The first-order chi connectivity index (χ1) is 38.6. The lowest BCUT2D eigenvalue weighted by Gasteiger charge is -2.34. The number of likely N-dealkylation sites (N-methyl/N-ethyl adjacent to an activating group) is 2. The summed E-state index contributed by atoms with van der Waals surface area (Å²) in [7, 11) is -3.82. The summed E-state index contributed by atoms with van der Waals surface area (Å²) >= 11 is 3.12. The van der Waals surface area contributed by atoms with Crippen LogP contribution in [0.1, 0.15) is 73.6 Å². The number of ketones is 2. The highest BCUT2D eigenvalue weighted by molar-refractivity contribution is 9.10. The van der Waals surface area contributed by atoms with Crippen LogP contribution in [0.2, 0.25) is 0 Å². The summed E-state index contributed by atoms with van der Waals surface area (Å²) in [6.45, 7) is 19.0. The van der Waals surface area contributed by atoms with E-state index < -0.39 is 31.9 Å². The van der Waals surface area contributed by atoms with Crippen molar-refractivity contribution in [3.05, 3.63) is 137 Å². The van der Waals surface area contributed by atoms with Gasteiger partial charge in [-0.2, -0.15) is 0 Å². The highest BCUT2D eigenvalue weighted by atomic mass is 79.9. The number of anilines is 4. The molecule has 0 saturated carbocycles. The Balaban J connectivity index is 0.000000185. The van der Waals surface area contributed by atoms with Gasteiger partial charge in [-0.3, -0.25) is 19.2 Å². The van der Waals surface area contributed by atoms with E-state index >= 15 is 0 Å². The summed E-state index contributed by atoms with van der Waals surface area (Å²) in [6.07, 6.45) is 2.87. The van der Waals surface area contributed by atoms with E-state index in [-0.39, 0.29) is 75.5 Å². The van der Waals surface area contributed by atoms with E-state index in [1.807, 2.05) is 33.7 Å². The van der Waals surface area contributed by atoms with E-state index in [2.05, 4.69) is 122 Å². The molecule has 0 atom stereocenters. The summed E-state index contributed by atoms with van der Waals surface area (Å²) < 4.78 is 64.2. The maximum Gasteiger partial charge on any atom is 0.494 e. The Labute approximate surface area is 487 Å². The molecule has 3 aliphatic rings. The number of amides is 2. The zero-order valence-corrected chi connectivity index (χ0v) is 50.3. The van der Waals surface area contributed by atoms with Crippen molar-refractivity contribution in [2.45, 2.75) is 75.4 Å². The minimum absolute atomic E-state index is 0.0181. The smallest absolute Gasteiger partial charge is 0.399 e. The fourth-order valence-corrected chi connectivity index (χ4v) is 11.0. The Bertz CT molecular complexity index is 3480. The number of hydrogen-bond acceptors (Lipinski definition) is 20.